The number of ether oxygens (including phenoxy) is 1. The van der Waals surface area contributed by atoms with Crippen LogP contribution in [0.2, 0.25) is 0 Å². The molecule has 1 aliphatic rings. The summed E-state index contributed by atoms with van der Waals surface area (Å²) in [6.45, 7) is 5.38. The molecule has 1 saturated heterocycles. The molecule has 0 bridgehead atoms. The van der Waals surface area contributed by atoms with E-state index in [2.05, 4.69) is 0 Å². The Labute approximate surface area is 122 Å². The van der Waals surface area contributed by atoms with Crippen molar-refractivity contribution in [2.75, 3.05) is 13.1 Å². The van der Waals surface area contributed by atoms with E-state index in [0.29, 0.717) is 30.6 Å². The predicted molar refractivity (Wildman–Crippen MR) is 70.4 cm³/mol. The summed E-state index contributed by atoms with van der Waals surface area (Å²) in [7, 11) is 0. The molecular weight excluding hydrogens is 287 g/mol. The van der Waals surface area contributed by atoms with E-state index in [9.17, 15) is 22.8 Å². The van der Waals surface area contributed by atoms with Gasteiger partial charge in [-0.15, -0.1) is 0 Å². The Balaban J connectivity index is 2.68. The largest absolute Gasteiger partial charge is 0.471 e. The second-order valence-corrected chi connectivity index (χ2v) is 5.67. The first kappa shape index (κ1) is 17.8. The highest BCUT2D eigenvalue weighted by Crippen LogP contribution is 2.27. The maximum Gasteiger partial charge on any atom is 0.471 e. The van der Waals surface area contributed by atoms with Crippen LogP contribution in [0.5, 0.6) is 0 Å². The molecule has 0 aromatic heterocycles. The van der Waals surface area contributed by atoms with Gasteiger partial charge >= 0.3 is 18.1 Å². The third-order valence-corrected chi connectivity index (χ3v) is 4.13. The van der Waals surface area contributed by atoms with Crippen molar-refractivity contribution in [1.82, 2.24) is 4.90 Å². The molecule has 0 spiro atoms. The number of likely N-dealkylation sites (tertiary alicyclic amines) is 1. The van der Waals surface area contributed by atoms with Gasteiger partial charge in [0.25, 0.3) is 0 Å². The van der Waals surface area contributed by atoms with Crippen LogP contribution in [0.1, 0.15) is 46.5 Å². The van der Waals surface area contributed by atoms with Gasteiger partial charge in [0.15, 0.2) is 0 Å². The normalized spacial score (nSPS) is 20.3. The summed E-state index contributed by atoms with van der Waals surface area (Å²) in [4.78, 5) is 24.0. The third-order valence-electron chi connectivity index (χ3n) is 4.13. The average molecular weight is 309 g/mol. The molecule has 1 aliphatic heterocycles. The first-order valence-corrected chi connectivity index (χ1v) is 7.22. The molecule has 122 valence electrons. The van der Waals surface area contributed by atoms with Crippen LogP contribution in [0.25, 0.3) is 0 Å². The van der Waals surface area contributed by atoms with Crippen LogP contribution in [0.15, 0.2) is 0 Å². The maximum absolute atomic E-state index is 12.4. The standard InChI is InChI=1S/C14H22F3NO3/c1-4-13(3,5-2)21-11(19)10-7-6-8-18(9-10)12(20)14(15,16)17/h10H,4-9H2,1-3H3/t10-/m1/s1. The fourth-order valence-electron chi connectivity index (χ4n) is 2.25. The van der Waals surface area contributed by atoms with E-state index < -0.39 is 29.6 Å². The minimum absolute atomic E-state index is 0.0287. The van der Waals surface area contributed by atoms with Gasteiger partial charge in [-0.05, 0) is 32.6 Å². The molecule has 1 heterocycles. The smallest absolute Gasteiger partial charge is 0.459 e. The van der Waals surface area contributed by atoms with Crippen LogP contribution < -0.4 is 0 Å². The summed E-state index contributed by atoms with van der Waals surface area (Å²) in [6, 6.07) is 0. The Hall–Kier alpha value is -1.27. The molecule has 7 heteroatoms. The fraction of sp³-hybridized carbons (Fsp3) is 0.857. The summed E-state index contributed by atoms with van der Waals surface area (Å²) < 4.78 is 42.7. The van der Waals surface area contributed by atoms with Crippen molar-refractivity contribution >= 4 is 11.9 Å². The minimum Gasteiger partial charge on any atom is -0.459 e. The Kier molecular flexibility index (Phi) is 5.64. The Bertz CT molecular complexity index is 391. The number of hydrogen-bond donors (Lipinski definition) is 0. The van der Waals surface area contributed by atoms with Crippen molar-refractivity contribution in [3.8, 4) is 0 Å². The van der Waals surface area contributed by atoms with E-state index in [1.54, 1.807) is 6.92 Å². The molecule has 1 fully saturated rings. The lowest BCUT2D eigenvalue weighted by atomic mass is 9.96. The molecule has 0 aliphatic carbocycles. The van der Waals surface area contributed by atoms with Gasteiger partial charge < -0.3 is 9.64 Å². The Morgan fingerprint density at radius 2 is 1.81 bits per heavy atom. The fourth-order valence-corrected chi connectivity index (χ4v) is 2.25. The minimum atomic E-state index is -4.90. The van der Waals surface area contributed by atoms with Crippen LogP contribution >= 0.6 is 0 Å². The number of carbonyl (C=O) groups is 2. The maximum atomic E-state index is 12.4. The SMILES string of the molecule is CCC(C)(CC)OC(=O)[C@@H]1CCCN(C(=O)C(F)(F)F)C1. The molecule has 0 unspecified atom stereocenters. The van der Waals surface area contributed by atoms with Crippen LogP contribution in [-0.4, -0.2) is 41.6 Å². The summed E-state index contributed by atoms with van der Waals surface area (Å²) in [5, 5.41) is 0. The lowest BCUT2D eigenvalue weighted by molar-refractivity contribution is -0.188. The lowest BCUT2D eigenvalue weighted by Crippen LogP contribution is -2.48. The van der Waals surface area contributed by atoms with Crippen LogP contribution in [-0.2, 0) is 14.3 Å². The van der Waals surface area contributed by atoms with E-state index in [1.807, 2.05) is 13.8 Å². The van der Waals surface area contributed by atoms with Gasteiger partial charge in [-0.2, -0.15) is 13.2 Å². The zero-order valence-corrected chi connectivity index (χ0v) is 12.6. The summed E-state index contributed by atoms with van der Waals surface area (Å²) in [5.41, 5.74) is -0.604. The highest BCUT2D eigenvalue weighted by molar-refractivity contribution is 5.83. The number of hydrogen-bond acceptors (Lipinski definition) is 3. The van der Waals surface area contributed by atoms with Crippen molar-refractivity contribution < 1.29 is 27.5 Å². The summed E-state index contributed by atoms with van der Waals surface area (Å²) in [5.74, 6) is -3.07. The number of amides is 1. The third kappa shape index (κ3) is 4.61. The van der Waals surface area contributed by atoms with Gasteiger partial charge in [0.1, 0.15) is 5.60 Å². The van der Waals surface area contributed by atoms with Gasteiger partial charge in [0.2, 0.25) is 0 Å². The quantitative estimate of drug-likeness (QED) is 0.750. The van der Waals surface area contributed by atoms with Crippen LogP contribution in [0, 0.1) is 5.92 Å². The van der Waals surface area contributed by atoms with Gasteiger partial charge in [-0.1, -0.05) is 13.8 Å². The average Bonchev–Trinajstić information content (AvgIpc) is 2.45. The number of halogens is 3. The van der Waals surface area contributed by atoms with E-state index in [1.165, 1.54) is 0 Å². The number of piperidine rings is 1. The summed E-state index contributed by atoms with van der Waals surface area (Å²) in [6.07, 6.45) is -2.81. The number of rotatable bonds is 4. The lowest BCUT2D eigenvalue weighted by Gasteiger charge is -2.34. The van der Waals surface area contributed by atoms with Crippen molar-refractivity contribution in [3.05, 3.63) is 0 Å². The van der Waals surface area contributed by atoms with Gasteiger partial charge in [-0.3, -0.25) is 9.59 Å². The van der Waals surface area contributed by atoms with Crippen LogP contribution in [0.3, 0.4) is 0 Å². The number of alkyl halides is 3. The summed E-state index contributed by atoms with van der Waals surface area (Å²) >= 11 is 0. The first-order chi connectivity index (χ1) is 9.63. The molecule has 1 rings (SSSR count). The van der Waals surface area contributed by atoms with Crippen molar-refractivity contribution in [2.45, 2.75) is 58.2 Å². The highest BCUT2D eigenvalue weighted by atomic mass is 19.4. The first-order valence-electron chi connectivity index (χ1n) is 7.22. The topological polar surface area (TPSA) is 46.6 Å². The molecule has 0 N–H and O–H groups in total. The van der Waals surface area contributed by atoms with E-state index in [4.69, 9.17) is 4.74 Å². The zero-order valence-electron chi connectivity index (χ0n) is 12.6. The second kappa shape index (κ2) is 6.66. The highest BCUT2D eigenvalue weighted by Gasteiger charge is 2.44. The van der Waals surface area contributed by atoms with Crippen molar-refractivity contribution in [2.24, 2.45) is 5.92 Å². The zero-order chi connectivity index (χ0) is 16.3. The Morgan fingerprint density at radius 1 is 1.24 bits per heavy atom. The molecule has 21 heavy (non-hydrogen) atoms. The van der Waals surface area contributed by atoms with Crippen molar-refractivity contribution in [3.63, 3.8) is 0 Å². The molecule has 1 atom stereocenters. The van der Waals surface area contributed by atoms with E-state index >= 15 is 0 Å². The molecule has 0 aromatic carbocycles. The van der Waals surface area contributed by atoms with Gasteiger partial charge in [-0.25, -0.2) is 0 Å². The molecule has 0 aromatic rings. The number of esters is 1. The van der Waals surface area contributed by atoms with E-state index in [-0.39, 0.29) is 13.1 Å². The molecule has 4 nitrogen and oxygen atoms in total. The molecule has 0 saturated carbocycles. The van der Waals surface area contributed by atoms with Crippen LogP contribution in [0.4, 0.5) is 13.2 Å². The van der Waals surface area contributed by atoms with Gasteiger partial charge in [0.05, 0.1) is 5.92 Å². The van der Waals surface area contributed by atoms with E-state index in [0.717, 1.165) is 0 Å². The molecule has 1 amide bonds. The van der Waals surface area contributed by atoms with Gasteiger partial charge in [0, 0.05) is 13.1 Å². The monoisotopic (exact) mass is 309 g/mol. The second-order valence-electron chi connectivity index (χ2n) is 5.67. The number of nitrogens with zero attached hydrogens (tertiary/aromatic N) is 1. The Morgan fingerprint density at radius 3 is 2.29 bits per heavy atom. The van der Waals surface area contributed by atoms with Crippen molar-refractivity contribution in [1.29, 1.82) is 0 Å². The predicted octanol–water partition coefficient (Wildman–Crippen LogP) is 2.91. The molecular formula is C14H22F3NO3. The molecule has 0 radical (unpaired) electrons. The number of carbonyl (C=O) groups excluding carboxylic acids is 2.